The Bertz CT molecular complexity index is 592. The molecule has 0 aliphatic heterocycles. The molecule has 0 saturated carbocycles. The Morgan fingerprint density at radius 2 is 2.10 bits per heavy atom. The number of aryl methyl sites for hydroxylation is 1. The molecule has 1 heterocycles. The van der Waals surface area contributed by atoms with E-state index in [1.165, 1.54) is 24.2 Å². The third kappa shape index (κ3) is 2.93. The maximum atomic E-state index is 12.1. The van der Waals surface area contributed by atoms with Gasteiger partial charge in [-0.25, -0.2) is 4.98 Å². The molecule has 0 radical (unpaired) electrons. The number of benzene rings is 1. The summed E-state index contributed by atoms with van der Waals surface area (Å²) in [4.78, 5) is 20.1. The van der Waals surface area contributed by atoms with Crippen molar-refractivity contribution in [1.82, 2.24) is 9.97 Å². The van der Waals surface area contributed by atoms with Crippen LogP contribution in [0.5, 0.6) is 0 Å². The molecule has 0 amide bonds. The lowest BCUT2D eigenvalue weighted by atomic mass is 9.92. The van der Waals surface area contributed by atoms with Gasteiger partial charge in [-0.3, -0.25) is 4.79 Å². The van der Waals surface area contributed by atoms with Gasteiger partial charge in [-0.2, -0.15) is 0 Å². The van der Waals surface area contributed by atoms with Crippen molar-refractivity contribution < 1.29 is 4.79 Å². The third-order valence-corrected chi connectivity index (χ3v) is 3.81. The van der Waals surface area contributed by atoms with E-state index in [0.29, 0.717) is 12.3 Å². The molecule has 4 heteroatoms. The summed E-state index contributed by atoms with van der Waals surface area (Å²) in [5, 5.41) is 0. The maximum absolute atomic E-state index is 12.1. The summed E-state index contributed by atoms with van der Waals surface area (Å²) in [6.07, 6.45) is 3.84. The van der Waals surface area contributed by atoms with E-state index < -0.39 is 0 Å². The second-order valence-electron chi connectivity index (χ2n) is 5.31. The highest BCUT2D eigenvalue weighted by molar-refractivity contribution is 5.97. The Labute approximate surface area is 125 Å². The zero-order valence-electron chi connectivity index (χ0n) is 11.6. The molecule has 0 saturated heterocycles. The van der Waals surface area contributed by atoms with Crippen LogP contribution in [0.1, 0.15) is 53.3 Å². The molecule has 2 aromatic rings. The van der Waals surface area contributed by atoms with Crippen molar-refractivity contribution in [3.63, 3.8) is 0 Å². The van der Waals surface area contributed by atoms with E-state index in [4.69, 9.17) is 0 Å². The molecule has 1 unspecified atom stereocenters. The first-order valence-electron chi connectivity index (χ1n) is 6.90. The smallest absolute Gasteiger partial charge is 0.170 e. The van der Waals surface area contributed by atoms with Crippen molar-refractivity contribution in [3.05, 3.63) is 53.1 Å². The number of halogens is 1. The molecule has 1 aliphatic rings. The van der Waals surface area contributed by atoms with Gasteiger partial charge in [0, 0.05) is 17.2 Å². The molecule has 0 spiro atoms. The normalized spacial score (nSPS) is 17.1. The fourth-order valence-corrected chi connectivity index (χ4v) is 2.76. The van der Waals surface area contributed by atoms with Crippen LogP contribution in [0.3, 0.4) is 0 Å². The van der Waals surface area contributed by atoms with E-state index in [1.54, 1.807) is 0 Å². The number of hydrogen-bond donors (Lipinski definition) is 1. The minimum absolute atomic E-state index is 0. The number of H-pyrrole nitrogens is 1. The zero-order valence-corrected chi connectivity index (χ0v) is 12.4. The predicted molar refractivity (Wildman–Crippen MR) is 81.7 cm³/mol. The summed E-state index contributed by atoms with van der Waals surface area (Å²) in [7, 11) is 0. The quantitative estimate of drug-likeness (QED) is 0.876. The minimum atomic E-state index is 0. The van der Waals surface area contributed by atoms with Crippen LogP contribution in [0.25, 0.3) is 0 Å². The summed E-state index contributed by atoms with van der Waals surface area (Å²) in [5.41, 5.74) is 3.15. The number of imidazole rings is 1. The fourth-order valence-electron chi connectivity index (χ4n) is 2.76. The van der Waals surface area contributed by atoms with Crippen molar-refractivity contribution in [3.8, 4) is 0 Å². The summed E-state index contributed by atoms with van der Waals surface area (Å²) in [6.45, 7) is 2.21. The molecule has 1 aromatic heterocycles. The number of aromatic amines is 1. The Morgan fingerprint density at radius 1 is 1.35 bits per heavy atom. The van der Waals surface area contributed by atoms with E-state index in [0.717, 1.165) is 17.8 Å². The highest BCUT2D eigenvalue weighted by atomic mass is 35.5. The molecule has 1 N–H and O–H groups in total. The van der Waals surface area contributed by atoms with Crippen LogP contribution in [0.15, 0.2) is 30.3 Å². The van der Waals surface area contributed by atoms with Gasteiger partial charge < -0.3 is 4.98 Å². The number of aromatic nitrogens is 2. The van der Waals surface area contributed by atoms with Crippen LogP contribution in [-0.2, 0) is 12.8 Å². The molecule has 3 nitrogen and oxygen atoms in total. The number of fused-ring (bicyclic) bond motifs is 1. The number of hydrogen-bond acceptors (Lipinski definition) is 2. The van der Waals surface area contributed by atoms with Crippen LogP contribution in [0, 0.1) is 0 Å². The Morgan fingerprint density at radius 3 is 2.80 bits per heavy atom. The Kier molecular flexibility index (Phi) is 4.61. The molecule has 1 aromatic carbocycles. The number of rotatable bonds is 3. The first-order valence-corrected chi connectivity index (χ1v) is 6.90. The zero-order chi connectivity index (χ0) is 13.2. The Hall–Kier alpha value is -1.61. The molecule has 3 rings (SSSR count). The summed E-state index contributed by atoms with van der Waals surface area (Å²) >= 11 is 0. The molecule has 106 valence electrons. The standard InChI is InChI=1S/C16H18N2O.ClH/c1-11-6-5-9-13-16(11)18-15(17-13)10-14(19)12-7-3-2-4-8-12;/h2-4,7-8,11H,5-6,9-10H2,1H3,(H,17,18);1H. The third-order valence-electron chi connectivity index (χ3n) is 3.81. The van der Waals surface area contributed by atoms with E-state index in [9.17, 15) is 4.79 Å². The van der Waals surface area contributed by atoms with Gasteiger partial charge in [0.1, 0.15) is 5.82 Å². The van der Waals surface area contributed by atoms with Crippen LogP contribution >= 0.6 is 12.4 Å². The molecule has 1 aliphatic carbocycles. The lowest BCUT2D eigenvalue weighted by Gasteiger charge is -2.15. The SMILES string of the molecule is CC1CCCc2[nH]c(CC(=O)c3ccccc3)nc21.Cl. The lowest BCUT2D eigenvalue weighted by Crippen LogP contribution is -2.06. The van der Waals surface area contributed by atoms with Gasteiger partial charge in [-0.05, 0) is 19.3 Å². The van der Waals surface area contributed by atoms with Crippen molar-refractivity contribution in [2.75, 3.05) is 0 Å². The predicted octanol–water partition coefficient (Wildman–Crippen LogP) is 3.70. The van der Waals surface area contributed by atoms with E-state index in [1.807, 2.05) is 30.3 Å². The molecule has 1 atom stereocenters. The molecule has 0 bridgehead atoms. The minimum Gasteiger partial charge on any atom is -0.345 e. The van der Waals surface area contributed by atoms with Crippen molar-refractivity contribution in [2.45, 2.75) is 38.5 Å². The molecule has 0 fully saturated rings. The van der Waals surface area contributed by atoms with Gasteiger partial charge >= 0.3 is 0 Å². The number of carbonyl (C=O) groups is 1. The van der Waals surface area contributed by atoms with Gasteiger partial charge in [0.15, 0.2) is 5.78 Å². The molecular formula is C16H19ClN2O. The Balaban J connectivity index is 0.00000147. The van der Waals surface area contributed by atoms with E-state index in [2.05, 4.69) is 16.9 Å². The average Bonchev–Trinajstić information content (AvgIpc) is 2.84. The first kappa shape index (κ1) is 14.8. The van der Waals surface area contributed by atoms with Crippen molar-refractivity contribution >= 4 is 18.2 Å². The van der Waals surface area contributed by atoms with Crippen LogP contribution in [0.2, 0.25) is 0 Å². The molecular weight excluding hydrogens is 272 g/mol. The number of nitrogens with one attached hydrogen (secondary N) is 1. The first-order chi connectivity index (χ1) is 9.24. The number of Topliss-reactive ketones (excluding diaryl/α,β-unsaturated/α-hetero) is 1. The van der Waals surface area contributed by atoms with E-state index in [-0.39, 0.29) is 18.2 Å². The number of carbonyl (C=O) groups excluding carboxylic acids is 1. The maximum Gasteiger partial charge on any atom is 0.170 e. The van der Waals surface area contributed by atoms with Crippen LogP contribution < -0.4 is 0 Å². The van der Waals surface area contributed by atoms with Crippen molar-refractivity contribution in [2.24, 2.45) is 0 Å². The average molecular weight is 291 g/mol. The summed E-state index contributed by atoms with van der Waals surface area (Å²) in [6, 6.07) is 9.41. The molecule has 20 heavy (non-hydrogen) atoms. The highest BCUT2D eigenvalue weighted by Crippen LogP contribution is 2.29. The van der Waals surface area contributed by atoms with Gasteiger partial charge in [0.2, 0.25) is 0 Å². The van der Waals surface area contributed by atoms with Crippen molar-refractivity contribution in [1.29, 1.82) is 0 Å². The van der Waals surface area contributed by atoms with E-state index >= 15 is 0 Å². The topological polar surface area (TPSA) is 45.8 Å². The van der Waals surface area contributed by atoms with Gasteiger partial charge in [-0.1, -0.05) is 37.3 Å². The van der Waals surface area contributed by atoms with Gasteiger partial charge in [0.05, 0.1) is 12.1 Å². The van der Waals surface area contributed by atoms with Crippen LogP contribution in [0.4, 0.5) is 0 Å². The number of nitrogens with zero attached hydrogens (tertiary/aromatic N) is 1. The second-order valence-corrected chi connectivity index (χ2v) is 5.31. The summed E-state index contributed by atoms with van der Waals surface area (Å²) < 4.78 is 0. The van der Waals surface area contributed by atoms with Gasteiger partial charge in [0.25, 0.3) is 0 Å². The summed E-state index contributed by atoms with van der Waals surface area (Å²) in [5.74, 6) is 1.45. The monoisotopic (exact) mass is 290 g/mol. The lowest BCUT2D eigenvalue weighted by molar-refractivity contribution is 0.0991. The largest absolute Gasteiger partial charge is 0.345 e. The second kappa shape index (κ2) is 6.23. The van der Waals surface area contributed by atoms with Gasteiger partial charge in [-0.15, -0.1) is 12.4 Å². The fraction of sp³-hybridized carbons (Fsp3) is 0.375. The van der Waals surface area contributed by atoms with Crippen LogP contribution in [-0.4, -0.2) is 15.8 Å². The highest BCUT2D eigenvalue weighted by Gasteiger charge is 2.21. The number of ketones is 1.